The number of carbonyl (C=O) groups is 1. The Kier molecular flexibility index (Phi) is 6.25. The highest BCUT2D eigenvalue weighted by atomic mass is 35.5. The van der Waals surface area contributed by atoms with Crippen molar-refractivity contribution >= 4 is 17.5 Å². The zero-order chi connectivity index (χ0) is 17.7. The van der Waals surface area contributed by atoms with Crippen molar-refractivity contribution in [2.24, 2.45) is 5.73 Å². The lowest BCUT2D eigenvalue weighted by atomic mass is 10.2. The number of halogens is 4. The number of carbonyl (C=O) groups excluding carboxylic acids is 1. The van der Waals surface area contributed by atoms with Gasteiger partial charge >= 0.3 is 6.18 Å². The van der Waals surface area contributed by atoms with Gasteiger partial charge in [0.25, 0.3) is 0 Å². The fourth-order valence-electron chi connectivity index (χ4n) is 2.19. The Morgan fingerprint density at radius 3 is 2.83 bits per heavy atom. The average Bonchev–Trinajstić information content (AvgIpc) is 3.00. The van der Waals surface area contributed by atoms with Gasteiger partial charge in [-0.25, -0.2) is 4.98 Å². The first kappa shape index (κ1) is 18.8. The van der Waals surface area contributed by atoms with E-state index in [1.807, 2.05) is 0 Å². The van der Waals surface area contributed by atoms with E-state index in [0.717, 1.165) is 12.5 Å². The van der Waals surface area contributed by atoms with E-state index in [4.69, 9.17) is 26.8 Å². The summed E-state index contributed by atoms with van der Waals surface area (Å²) in [4.78, 5) is 15.4. The zero-order valence-corrected chi connectivity index (χ0v) is 13.4. The minimum atomic E-state index is -4.52. The normalized spacial score (nSPS) is 20.9. The topological polar surface area (TPSA) is 86.5 Å². The van der Waals surface area contributed by atoms with Crippen LogP contribution in [0.2, 0.25) is 5.02 Å². The van der Waals surface area contributed by atoms with E-state index in [-0.39, 0.29) is 36.1 Å². The number of hydrogen-bond acceptors (Lipinski definition) is 5. The highest BCUT2D eigenvalue weighted by Gasteiger charge is 2.32. The van der Waals surface area contributed by atoms with Crippen LogP contribution in [-0.2, 0) is 15.7 Å². The molecule has 0 spiro atoms. The van der Waals surface area contributed by atoms with Crippen LogP contribution in [0, 0.1) is 0 Å². The van der Waals surface area contributed by atoms with Gasteiger partial charge in [0.2, 0.25) is 11.8 Å². The molecule has 1 amide bonds. The van der Waals surface area contributed by atoms with E-state index in [0.29, 0.717) is 19.2 Å². The third-order valence-electron chi connectivity index (χ3n) is 3.44. The Labute approximate surface area is 141 Å². The third-order valence-corrected chi connectivity index (χ3v) is 3.71. The maximum Gasteiger partial charge on any atom is 0.417 e. The van der Waals surface area contributed by atoms with E-state index in [1.54, 1.807) is 0 Å². The highest BCUT2D eigenvalue weighted by Crippen LogP contribution is 2.33. The first-order valence-electron chi connectivity index (χ1n) is 7.30. The number of rotatable bonds is 6. The number of nitrogens with zero attached hydrogens (tertiary/aromatic N) is 1. The molecule has 0 unspecified atom stereocenters. The Hall–Kier alpha value is -1.58. The van der Waals surface area contributed by atoms with Crippen LogP contribution in [0.1, 0.15) is 18.4 Å². The molecule has 0 aromatic carbocycles. The summed E-state index contributed by atoms with van der Waals surface area (Å²) >= 11 is 5.71. The summed E-state index contributed by atoms with van der Waals surface area (Å²) in [5, 5.41) is 2.36. The lowest BCUT2D eigenvalue weighted by molar-refractivity contribution is -0.138. The van der Waals surface area contributed by atoms with Crippen molar-refractivity contribution in [1.82, 2.24) is 10.3 Å². The van der Waals surface area contributed by atoms with Crippen LogP contribution < -0.4 is 15.8 Å². The van der Waals surface area contributed by atoms with Gasteiger partial charge in [0.15, 0.2) is 0 Å². The predicted octanol–water partition coefficient (Wildman–Crippen LogP) is 1.76. The number of ether oxygens (including phenoxy) is 2. The lowest BCUT2D eigenvalue weighted by Gasteiger charge is -2.13. The second-order valence-corrected chi connectivity index (χ2v) is 5.62. The summed E-state index contributed by atoms with van der Waals surface area (Å²) in [6.45, 7) is 0.521. The van der Waals surface area contributed by atoms with Crippen molar-refractivity contribution in [3.05, 3.63) is 22.8 Å². The van der Waals surface area contributed by atoms with Crippen LogP contribution in [0.4, 0.5) is 13.2 Å². The van der Waals surface area contributed by atoms with Gasteiger partial charge in [-0.05, 0) is 18.9 Å². The molecule has 24 heavy (non-hydrogen) atoms. The molecule has 1 fully saturated rings. The lowest BCUT2D eigenvalue weighted by Crippen LogP contribution is -2.37. The van der Waals surface area contributed by atoms with Crippen molar-refractivity contribution in [2.45, 2.75) is 31.2 Å². The molecule has 2 heterocycles. The smallest absolute Gasteiger partial charge is 0.417 e. The molecule has 0 aliphatic carbocycles. The molecule has 0 bridgehead atoms. The van der Waals surface area contributed by atoms with Crippen LogP contribution in [0.25, 0.3) is 0 Å². The first-order chi connectivity index (χ1) is 11.3. The Bertz CT molecular complexity index is 586. The van der Waals surface area contributed by atoms with Gasteiger partial charge in [-0.15, -0.1) is 0 Å². The van der Waals surface area contributed by atoms with Gasteiger partial charge in [-0.1, -0.05) is 11.6 Å². The van der Waals surface area contributed by atoms with Crippen molar-refractivity contribution in [2.75, 3.05) is 19.7 Å². The van der Waals surface area contributed by atoms with Crippen molar-refractivity contribution < 1.29 is 27.4 Å². The fraction of sp³-hybridized carbons (Fsp3) is 0.571. The predicted molar refractivity (Wildman–Crippen MR) is 79.7 cm³/mol. The highest BCUT2D eigenvalue weighted by molar-refractivity contribution is 6.31. The second-order valence-electron chi connectivity index (χ2n) is 5.21. The van der Waals surface area contributed by atoms with Crippen molar-refractivity contribution in [3.8, 4) is 5.88 Å². The maximum atomic E-state index is 12.5. The summed E-state index contributed by atoms with van der Waals surface area (Å²) in [5.74, 6) is -0.403. The zero-order valence-electron chi connectivity index (χ0n) is 12.6. The quantitative estimate of drug-likeness (QED) is 0.748. The fourth-order valence-corrected chi connectivity index (χ4v) is 2.42. The van der Waals surface area contributed by atoms with Crippen LogP contribution in [0.3, 0.4) is 0 Å². The summed E-state index contributed by atoms with van der Waals surface area (Å²) in [7, 11) is 0. The van der Waals surface area contributed by atoms with Crippen LogP contribution >= 0.6 is 11.6 Å². The number of aromatic nitrogens is 1. The summed E-state index contributed by atoms with van der Waals surface area (Å²) in [5.41, 5.74) is 4.51. The summed E-state index contributed by atoms with van der Waals surface area (Å²) in [6, 6.07) is 0.738. The van der Waals surface area contributed by atoms with E-state index >= 15 is 0 Å². The Morgan fingerprint density at radius 1 is 1.50 bits per heavy atom. The number of nitrogens with two attached hydrogens (primary N) is 1. The molecule has 1 aromatic rings. The van der Waals surface area contributed by atoms with Gasteiger partial charge in [0, 0.05) is 12.7 Å². The van der Waals surface area contributed by atoms with Crippen molar-refractivity contribution in [1.29, 1.82) is 0 Å². The van der Waals surface area contributed by atoms with E-state index < -0.39 is 17.8 Å². The molecular weight excluding hydrogens is 351 g/mol. The van der Waals surface area contributed by atoms with E-state index in [1.165, 1.54) is 0 Å². The molecule has 1 saturated heterocycles. The second kappa shape index (κ2) is 8.00. The van der Waals surface area contributed by atoms with Gasteiger partial charge in [0.1, 0.15) is 17.7 Å². The monoisotopic (exact) mass is 367 g/mol. The summed E-state index contributed by atoms with van der Waals surface area (Å²) in [6.07, 6.45) is -3.19. The number of alkyl halides is 3. The number of amides is 1. The first-order valence-corrected chi connectivity index (χ1v) is 7.68. The Balaban J connectivity index is 1.75. The van der Waals surface area contributed by atoms with Gasteiger partial charge in [0.05, 0.1) is 18.2 Å². The largest absolute Gasteiger partial charge is 0.475 e. The van der Waals surface area contributed by atoms with Crippen LogP contribution in [0.5, 0.6) is 5.88 Å². The molecule has 1 aliphatic rings. The molecule has 1 aromatic heterocycles. The van der Waals surface area contributed by atoms with E-state index in [2.05, 4.69) is 10.3 Å². The van der Waals surface area contributed by atoms with Crippen LogP contribution in [-0.4, -0.2) is 42.8 Å². The molecule has 2 rings (SSSR count). The van der Waals surface area contributed by atoms with Crippen molar-refractivity contribution in [3.63, 3.8) is 0 Å². The molecule has 0 saturated carbocycles. The number of nitrogens with one attached hydrogen (secondary N) is 1. The van der Waals surface area contributed by atoms with Crippen LogP contribution in [0.15, 0.2) is 12.3 Å². The number of pyridine rings is 1. The van der Waals surface area contributed by atoms with Gasteiger partial charge < -0.3 is 20.5 Å². The molecule has 6 nitrogen and oxygen atoms in total. The molecular formula is C14H17ClF3N3O3. The average molecular weight is 368 g/mol. The summed E-state index contributed by atoms with van der Waals surface area (Å²) < 4.78 is 48.1. The minimum absolute atomic E-state index is 0.0108. The third kappa shape index (κ3) is 4.96. The van der Waals surface area contributed by atoms with Gasteiger partial charge in [-0.3, -0.25) is 4.79 Å². The molecule has 3 N–H and O–H groups in total. The molecule has 1 aliphatic heterocycles. The standard InChI is InChI=1S/C14H17ClF3N3O3/c15-10-5-8(14(16,17)18)7-21-13(10)23-4-3-20-12(22)11-2-1-9(6-19)24-11/h5,7,9,11H,1-4,6,19H2,(H,20,22)/t9-,11+/m1/s1. The van der Waals surface area contributed by atoms with Gasteiger partial charge in [-0.2, -0.15) is 13.2 Å². The SMILES string of the molecule is NC[C@H]1CC[C@@H](C(=O)NCCOc2ncc(C(F)(F)F)cc2Cl)O1. The number of hydrogen-bond donors (Lipinski definition) is 2. The maximum absolute atomic E-state index is 12.5. The minimum Gasteiger partial charge on any atom is -0.475 e. The van der Waals surface area contributed by atoms with E-state index in [9.17, 15) is 18.0 Å². The molecule has 10 heteroatoms. The molecule has 0 radical (unpaired) electrons. The molecule has 134 valence electrons. The molecule has 2 atom stereocenters. The Morgan fingerprint density at radius 2 is 2.25 bits per heavy atom.